The van der Waals surface area contributed by atoms with E-state index in [0.29, 0.717) is 0 Å². The van der Waals surface area contributed by atoms with Crippen LogP contribution in [-0.2, 0) is 0 Å². The molecule has 0 N–H and O–H groups in total. The zero-order chi connectivity index (χ0) is 11.6. The zero-order valence-corrected chi connectivity index (χ0v) is 10.3. The molecule has 1 rings (SSSR count). The molecule has 0 aliphatic carbocycles. The number of nitrogens with zero attached hydrogens (tertiary/aromatic N) is 5. The summed E-state index contributed by atoms with van der Waals surface area (Å²) in [4.78, 5) is 9.31. The summed E-state index contributed by atoms with van der Waals surface area (Å²) in [6.07, 6.45) is 0. The van der Waals surface area contributed by atoms with Crippen LogP contribution in [0, 0.1) is 22.2 Å². The molecule has 0 bridgehead atoms. The minimum atomic E-state index is -2.23. The molecule has 9 nitrogen and oxygen atoms in total. The van der Waals surface area contributed by atoms with Crippen LogP contribution >= 0.6 is 31.9 Å². The average molecular weight is 345 g/mol. The molecule has 1 aromatic heterocycles. The van der Waals surface area contributed by atoms with Gasteiger partial charge in [0.15, 0.2) is 0 Å². The van der Waals surface area contributed by atoms with Gasteiger partial charge in [-0.3, -0.25) is 10.1 Å². The Balaban J connectivity index is 3.04. The van der Waals surface area contributed by atoms with E-state index in [0.717, 1.165) is 0 Å². The summed E-state index contributed by atoms with van der Waals surface area (Å²) in [6, 6.07) is 0. The Labute approximate surface area is 99.1 Å². The molecular formula is C4H3Br2N5O4. The van der Waals surface area contributed by atoms with Crippen LogP contribution < -0.4 is 0 Å². The van der Waals surface area contributed by atoms with Crippen LogP contribution in [0.25, 0.3) is 0 Å². The molecule has 15 heavy (non-hydrogen) atoms. The summed E-state index contributed by atoms with van der Waals surface area (Å²) in [5.74, 6) is -0.130. The van der Waals surface area contributed by atoms with Crippen molar-refractivity contribution in [2.24, 2.45) is 5.11 Å². The van der Waals surface area contributed by atoms with E-state index in [9.17, 15) is 15.3 Å². The Kier molecular flexibility index (Phi) is 3.34. The van der Waals surface area contributed by atoms with Gasteiger partial charge < -0.3 is 5.21 Å². The number of hydrogen-bond acceptors (Lipinski definition) is 7. The second-order valence-electron chi connectivity index (χ2n) is 2.31. The molecule has 0 aliphatic rings. The molecule has 0 saturated carbocycles. The van der Waals surface area contributed by atoms with E-state index in [4.69, 9.17) is 0 Å². The minimum Gasteiger partial charge on any atom is -0.593 e. The third kappa shape index (κ3) is 2.47. The van der Waals surface area contributed by atoms with Gasteiger partial charge >= 0.3 is 3.48 Å². The van der Waals surface area contributed by atoms with Crippen LogP contribution in [0.2, 0.25) is 0 Å². The molecule has 11 heteroatoms. The highest BCUT2D eigenvalue weighted by Crippen LogP contribution is 2.29. The molecular weight excluding hydrogens is 342 g/mol. The fraction of sp³-hybridized carbons (Fsp3) is 0.500. The number of aromatic nitrogens is 2. The summed E-state index contributed by atoms with van der Waals surface area (Å²) in [5, 5.41) is 31.6. The molecule has 1 aromatic rings. The van der Waals surface area contributed by atoms with Crippen molar-refractivity contribution in [3.8, 4) is 0 Å². The molecule has 0 spiro atoms. The lowest BCUT2D eigenvalue weighted by molar-refractivity contribution is -0.741. The van der Waals surface area contributed by atoms with E-state index in [1.54, 1.807) is 0 Å². The molecule has 0 fully saturated rings. The standard InChI is InChI=1S/C4H3Br2N5O4/c1-2-3(9-15-8-2)7-10(12)4(5,6)11(13)14/h1H3. The van der Waals surface area contributed by atoms with Crippen LogP contribution in [-0.4, -0.2) is 23.6 Å². The van der Waals surface area contributed by atoms with Crippen molar-refractivity contribution in [2.75, 3.05) is 0 Å². The fourth-order valence-electron chi connectivity index (χ4n) is 0.534. The SMILES string of the molecule is Cc1nonc1N=[N+]([O-])C(Br)(Br)[N+](=O)[O-]. The average Bonchev–Trinajstić information content (AvgIpc) is 2.51. The van der Waals surface area contributed by atoms with Crippen molar-refractivity contribution in [3.05, 3.63) is 21.0 Å². The van der Waals surface area contributed by atoms with Crippen molar-refractivity contribution < 1.29 is 14.4 Å². The maximum atomic E-state index is 11.2. The maximum absolute atomic E-state index is 11.2. The van der Waals surface area contributed by atoms with Gasteiger partial charge in [0, 0.05) is 9.97 Å². The van der Waals surface area contributed by atoms with Crippen molar-refractivity contribution in [3.63, 3.8) is 0 Å². The van der Waals surface area contributed by atoms with Gasteiger partial charge in [0.25, 0.3) is 5.82 Å². The predicted octanol–water partition coefficient (Wildman–Crippen LogP) is 1.65. The first kappa shape index (κ1) is 12.0. The van der Waals surface area contributed by atoms with Gasteiger partial charge in [0.05, 0.1) is 0 Å². The van der Waals surface area contributed by atoms with E-state index in [1.807, 2.05) is 0 Å². The molecule has 0 atom stereocenters. The van der Waals surface area contributed by atoms with E-state index in [2.05, 4.69) is 51.9 Å². The maximum Gasteiger partial charge on any atom is 0.545 e. The number of halogens is 2. The lowest BCUT2D eigenvalue weighted by atomic mass is 10.5. The van der Waals surface area contributed by atoms with E-state index < -0.39 is 8.40 Å². The Bertz CT molecular complexity index is 415. The highest BCUT2D eigenvalue weighted by molar-refractivity contribution is 9.25. The van der Waals surface area contributed by atoms with Gasteiger partial charge in [0.1, 0.15) is 42.5 Å². The number of aryl methyl sites for hydroxylation is 1. The first-order chi connectivity index (χ1) is 6.85. The fourth-order valence-corrected chi connectivity index (χ4v) is 0.692. The number of hydrogen-bond donors (Lipinski definition) is 0. The monoisotopic (exact) mass is 343 g/mol. The Morgan fingerprint density at radius 1 is 1.47 bits per heavy atom. The highest BCUT2D eigenvalue weighted by Gasteiger charge is 2.48. The van der Waals surface area contributed by atoms with Crippen LogP contribution in [0.15, 0.2) is 9.74 Å². The summed E-state index contributed by atoms with van der Waals surface area (Å²) in [7, 11) is 0. The summed E-state index contributed by atoms with van der Waals surface area (Å²) >= 11 is 5.08. The molecule has 0 radical (unpaired) electrons. The zero-order valence-electron chi connectivity index (χ0n) is 7.12. The number of azo groups is 1. The highest BCUT2D eigenvalue weighted by atomic mass is 79.9. The van der Waals surface area contributed by atoms with Crippen molar-refractivity contribution in [1.82, 2.24) is 10.3 Å². The van der Waals surface area contributed by atoms with Crippen LogP contribution in [0.4, 0.5) is 5.82 Å². The van der Waals surface area contributed by atoms with Gasteiger partial charge in [-0.1, -0.05) is 5.16 Å². The second kappa shape index (κ2) is 4.18. The number of rotatable bonds is 3. The predicted molar refractivity (Wildman–Crippen MR) is 52.3 cm³/mol. The Morgan fingerprint density at radius 2 is 2.07 bits per heavy atom. The van der Waals surface area contributed by atoms with Gasteiger partial charge in [-0.15, -0.1) is 0 Å². The molecule has 0 aromatic carbocycles. The molecule has 0 aliphatic heterocycles. The first-order valence-electron chi connectivity index (χ1n) is 3.36. The number of nitro groups is 1. The quantitative estimate of drug-likeness (QED) is 0.156. The lowest BCUT2D eigenvalue weighted by Crippen LogP contribution is -2.33. The Morgan fingerprint density at radius 3 is 2.47 bits per heavy atom. The number of alkyl halides is 2. The molecule has 82 valence electrons. The summed E-state index contributed by atoms with van der Waals surface area (Å²) in [6.45, 7) is 1.49. The van der Waals surface area contributed by atoms with Gasteiger partial charge in [-0.05, 0) is 12.1 Å². The number of hydroxylamine groups is 1. The van der Waals surface area contributed by atoms with E-state index in [1.165, 1.54) is 6.92 Å². The Hall–Kier alpha value is -1.10. The second-order valence-corrected chi connectivity index (χ2v) is 5.59. The van der Waals surface area contributed by atoms with Gasteiger partial charge in [-0.25, -0.2) is 4.63 Å². The van der Waals surface area contributed by atoms with Crippen LogP contribution in [0.5, 0.6) is 0 Å². The van der Waals surface area contributed by atoms with Gasteiger partial charge in [0.2, 0.25) is 0 Å². The van der Waals surface area contributed by atoms with Gasteiger partial charge in [-0.2, -0.15) is 0 Å². The van der Waals surface area contributed by atoms with Crippen molar-refractivity contribution in [1.29, 1.82) is 0 Å². The molecule has 0 saturated heterocycles. The topological polar surface area (TPSA) is 120 Å². The third-order valence-corrected chi connectivity index (χ3v) is 2.45. The third-order valence-electron chi connectivity index (χ3n) is 1.26. The van der Waals surface area contributed by atoms with Crippen molar-refractivity contribution in [2.45, 2.75) is 10.4 Å². The first-order valence-corrected chi connectivity index (χ1v) is 4.94. The summed E-state index contributed by atoms with van der Waals surface area (Å²) < 4.78 is 2.03. The minimum absolute atomic E-state index is 0.130. The smallest absolute Gasteiger partial charge is 0.545 e. The molecule has 0 amide bonds. The van der Waals surface area contributed by atoms with Crippen LogP contribution in [0.1, 0.15) is 5.69 Å². The largest absolute Gasteiger partial charge is 0.593 e. The normalized spacial score (nSPS) is 12.9. The lowest BCUT2D eigenvalue weighted by Gasteiger charge is -2.06. The van der Waals surface area contributed by atoms with Crippen molar-refractivity contribution >= 4 is 37.7 Å². The van der Waals surface area contributed by atoms with E-state index in [-0.39, 0.29) is 16.4 Å². The van der Waals surface area contributed by atoms with E-state index >= 15 is 0 Å². The molecule has 0 unspecified atom stereocenters. The summed E-state index contributed by atoms with van der Waals surface area (Å²) in [5.41, 5.74) is 0.245. The molecule has 1 heterocycles. The van der Waals surface area contributed by atoms with Crippen LogP contribution in [0.3, 0.4) is 0 Å².